The van der Waals surface area contributed by atoms with Gasteiger partial charge in [-0.25, -0.2) is 9.37 Å². The fourth-order valence-electron chi connectivity index (χ4n) is 2.11. The van der Waals surface area contributed by atoms with Crippen molar-refractivity contribution in [3.8, 4) is 5.69 Å². The van der Waals surface area contributed by atoms with Crippen LogP contribution in [0.5, 0.6) is 0 Å². The van der Waals surface area contributed by atoms with Crippen LogP contribution in [-0.2, 0) is 5.88 Å². The van der Waals surface area contributed by atoms with Crippen molar-refractivity contribution >= 4 is 54.5 Å². The van der Waals surface area contributed by atoms with Crippen molar-refractivity contribution in [2.24, 2.45) is 0 Å². The Bertz CT molecular complexity index is 801. The van der Waals surface area contributed by atoms with Crippen LogP contribution in [0.15, 0.2) is 45.3 Å². The zero-order valence-corrected chi connectivity index (χ0v) is 14.0. The fourth-order valence-corrected chi connectivity index (χ4v) is 3.09. The number of para-hydroxylation sites is 1. The van der Waals surface area contributed by atoms with Gasteiger partial charge in [0.1, 0.15) is 11.6 Å². The molecule has 0 spiro atoms. The smallest absolute Gasteiger partial charge is 0.139 e. The molecule has 0 aliphatic carbocycles. The molecule has 0 aliphatic rings. The van der Waals surface area contributed by atoms with Crippen molar-refractivity contribution in [3.63, 3.8) is 0 Å². The molecule has 3 rings (SSSR count). The Balaban J connectivity index is 2.39. The van der Waals surface area contributed by atoms with E-state index in [9.17, 15) is 4.39 Å². The van der Waals surface area contributed by atoms with Gasteiger partial charge in [0.15, 0.2) is 0 Å². The van der Waals surface area contributed by atoms with Crippen LogP contribution in [0.2, 0.25) is 0 Å². The first kappa shape index (κ1) is 14.0. The lowest BCUT2D eigenvalue weighted by Crippen LogP contribution is -2.00. The number of imidazole rings is 1. The standard InChI is InChI=1S/C14H8Br2ClFN2/c15-8-3-1-2-4-12(8)20-13-5-9(16)10(18)6-11(13)19-14(20)7-17/h1-6H,7H2. The summed E-state index contributed by atoms with van der Waals surface area (Å²) in [5.74, 6) is 0.580. The monoisotopic (exact) mass is 416 g/mol. The zero-order valence-electron chi connectivity index (χ0n) is 10.1. The lowest BCUT2D eigenvalue weighted by atomic mass is 10.2. The van der Waals surface area contributed by atoms with Crippen molar-refractivity contribution in [3.05, 3.63) is 57.0 Å². The molecule has 0 saturated heterocycles. The predicted molar refractivity (Wildman–Crippen MR) is 86.0 cm³/mol. The van der Waals surface area contributed by atoms with Gasteiger partial charge in [-0.1, -0.05) is 12.1 Å². The summed E-state index contributed by atoms with van der Waals surface area (Å²) in [6.07, 6.45) is 0. The van der Waals surface area contributed by atoms with E-state index in [0.29, 0.717) is 15.8 Å². The molecule has 20 heavy (non-hydrogen) atoms. The van der Waals surface area contributed by atoms with Gasteiger partial charge in [0.05, 0.1) is 27.1 Å². The van der Waals surface area contributed by atoms with Gasteiger partial charge in [0.25, 0.3) is 0 Å². The van der Waals surface area contributed by atoms with Gasteiger partial charge in [-0.3, -0.25) is 4.57 Å². The maximum Gasteiger partial charge on any atom is 0.139 e. The van der Waals surface area contributed by atoms with Crippen molar-refractivity contribution in [1.82, 2.24) is 9.55 Å². The van der Waals surface area contributed by atoms with Gasteiger partial charge in [-0.15, -0.1) is 11.6 Å². The number of nitrogens with zero attached hydrogens (tertiary/aromatic N) is 2. The predicted octanol–water partition coefficient (Wildman–Crippen LogP) is 5.43. The van der Waals surface area contributed by atoms with Crippen molar-refractivity contribution in [2.45, 2.75) is 5.88 Å². The van der Waals surface area contributed by atoms with E-state index < -0.39 is 0 Å². The van der Waals surface area contributed by atoms with Crippen molar-refractivity contribution in [2.75, 3.05) is 0 Å². The van der Waals surface area contributed by atoms with Crippen molar-refractivity contribution < 1.29 is 4.39 Å². The van der Waals surface area contributed by atoms with Crippen LogP contribution >= 0.6 is 43.5 Å². The topological polar surface area (TPSA) is 17.8 Å². The number of rotatable bonds is 2. The van der Waals surface area contributed by atoms with Gasteiger partial charge >= 0.3 is 0 Å². The molecule has 0 N–H and O–H groups in total. The van der Waals surface area contributed by atoms with Crippen LogP contribution < -0.4 is 0 Å². The Labute approximate surface area is 136 Å². The summed E-state index contributed by atoms with van der Waals surface area (Å²) in [5.41, 5.74) is 2.31. The average molecular weight is 418 g/mol. The third-order valence-electron chi connectivity index (χ3n) is 2.98. The molecule has 0 atom stereocenters. The number of fused-ring (bicyclic) bond motifs is 1. The highest BCUT2D eigenvalue weighted by molar-refractivity contribution is 9.10. The summed E-state index contributed by atoms with van der Waals surface area (Å²) < 4.78 is 16.9. The highest BCUT2D eigenvalue weighted by Gasteiger charge is 2.15. The highest BCUT2D eigenvalue weighted by Crippen LogP contribution is 2.30. The number of aromatic nitrogens is 2. The SMILES string of the molecule is Fc1cc2nc(CCl)n(-c3ccccc3Br)c2cc1Br. The van der Waals surface area contributed by atoms with Crippen LogP contribution in [-0.4, -0.2) is 9.55 Å². The number of halogens is 4. The summed E-state index contributed by atoms with van der Waals surface area (Å²) in [7, 11) is 0. The normalized spacial score (nSPS) is 11.2. The number of alkyl halides is 1. The van der Waals surface area contributed by atoms with E-state index in [1.807, 2.05) is 28.8 Å². The second-order valence-electron chi connectivity index (χ2n) is 4.20. The first-order valence-electron chi connectivity index (χ1n) is 5.79. The molecule has 6 heteroatoms. The molecule has 0 amide bonds. The van der Waals surface area contributed by atoms with E-state index in [2.05, 4.69) is 36.8 Å². The maximum atomic E-state index is 13.6. The quantitative estimate of drug-likeness (QED) is 0.508. The summed E-state index contributed by atoms with van der Waals surface area (Å²) in [5, 5.41) is 0. The Morgan fingerprint density at radius 3 is 2.60 bits per heavy atom. The lowest BCUT2D eigenvalue weighted by Gasteiger charge is -2.10. The van der Waals surface area contributed by atoms with Crippen LogP contribution in [0.4, 0.5) is 4.39 Å². The molecule has 0 aliphatic heterocycles. The Morgan fingerprint density at radius 2 is 1.90 bits per heavy atom. The van der Waals surface area contributed by atoms with Gasteiger partial charge in [-0.2, -0.15) is 0 Å². The average Bonchev–Trinajstić information content (AvgIpc) is 2.77. The molecule has 1 aromatic heterocycles. The second kappa shape index (κ2) is 5.47. The molecule has 0 unspecified atom stereocenters. The Kier molecular flexibility index (Phi) is 3.84. The number of benzene rings is 2. The molecule has 3 aromatic rings. The molecule has 102 valence electrons. The van der Waals surface area contributed by atoms with E-state index >= 15 is 0 Å². The molecule has 1 heterocycles. The molecular formula is C14H8Br2ClFN2. The van der Waals surface area contributed by atoms with E-state index in [-0.39, 0.29) is 11.7 Å². The fraction of sp³-hybridized carbons (Fsp3) is 0.0714. The third kappa shape index (κ3) is 2.28. The molecule has 2 nitrogen and oxygen atoms in total. The van der Waals surface area contributed by atoms with Gasteiger partial charge in [0.2, 0.25) is 0 Å². The van der Waals surface area contributed by atoms with Gasteiger partial charge in [0, 0.05) is 10.5 Å². The van der Waals surface area contributed by atoms with Crippen LogP contribution in [0, 0.1) is 5.82 Å². The first-order valence-corrected chi connectivity index (χ1v) is 7.91. The van der Waals surface area contributed by atoms with E-state index in [1.165, 1.54) is 6.07 Å². The number of hydrogen-bond donors (Lipinski definition) is 0. The Morgan fingerprint density at radius 1 is 1.15 bits per heavy atom. The minimum Gasteiger partial charge on any atom is -0.294 e. The van der Waals surface area contributed by atoms with E-state index in [0.717, 1.165) is 15.7 Å². The molecule has 0 bridgehead atoms. The maximum absolute atomic E-state index is 13.6. The minimum absolute atomic E-state index is 0.245. The third-order valence-corrected chi connectivity index (χ3v) is 4.50. The minimum atomic E-state index is -0.338. The summed E-state index contributed by atoms with van der Waals surface area (Å²) in [4.78, 5) is 4.40. The molecule has 0 radical (unpaired) electrons. The summed E-state index contributed by atoms with van der Waals surface area (Å²) >= 11 is 12.7. The van der Waals surface area contributed by atoms with Crippen LogP contribution in [0.1, 0.15) is 5.82 Å². The largest absolute Gasteiger partial charge is 0.294 e. The van der Waals surface area contributed by atoms with Crippen molar-refractivity contribution in [1.29, 1.82) is 0 Å². The highest BCUT2D eigenvalue weighted by atomic mass is 79.9. The second-order valence-corrected chi connectivity index (χ2v) is 6.18. The zero-order chi connectivity index (χ0) is 14.3. The molecule has 0 saturated carbocycles. The molecular weight excluding hydrogens is 410 g/mol. The summed E-state index contributed by atoms with van der Waals surface area (Å²) in [6, 6.07) is 10.9. The first-order chi connectivity index (χ1) is 9.61. The van der Waals surface area contributed by atoms with Gasteiger partial charge in [-0.05, 0) is 50.1 Å². The molecule has 2 aromatic carbocycles. The van der Waals surface area contributed by atoms with E-state index in [1.54, 1.807) is 6.07 Å². The van der Waals surface area contributed by atoms with E-state index in [4.69, 9.17) is 11.6 Å². The van der Waals surface area contributed by atoms with Crippen LogP contribution in [0.3, 0.4) is 0 Å². The lowest BCUT2D eigenvalue weighted by molar-refractivity contribution is 0.623. The molecule has 0 fully saturated rings. The summed E-state index contributed by atoms with van der Waals surface area (Å²) in [6.45, 7) is 0. The van der Waals surface area contributed by atoms with Crippen LogP contribution in [0.25, 0.3) is 16.7 Å². The Hall–Kier alpha value is -0.910. The van der Waals surface area contributed by atoms with Gasteiger partial charge < -0.3 is 0 Å². The number of hydrogen-bond acceptors (Lipinski definition) is 1.